The number of carbonyl (C=O) groups is 1. The van der Waals surface area contributed by atoms with E-state index in [1.54, 1.807) is 37.4 Å². The first-order valence-corrected chi connectivity index (χ1v) is 14.0. The molecule has 3 aromatic rings. The van der Waals surface area contributed by atoms with E-state index in [9.17, 15) is 14.4 Å². The van der Waals surface area contributed by atoms with Crippen LogP contribution in [0.1, 0.15) is 61.0 Å². The third-order valence-electron chi connectivity index (χ3n) is 8.12. The van der Waals surface area contributed by atoms with E-state index in [1.165, 1.54) is 18.2 Å². The topological polar surface area (TPSA) is 65.4 Å². The van der Waals surface area contributed by atoms with Gasteiger partial charge in [0.2, 0.25) is 0 Å². The first-order chi connectivity index (χ1) is 19.3. The molecule has 208 valence electrons. The van der Waals surface area contributed by atoms with Crippen LogP contribution in [0.5, 0.6) is 0 Å². The maximum Gasteiger partial charge on any atom is 0.254 e. The summed E-state index contributed by atoms with van der Waals surface area (Å²) in [5.74, 6) is -1.11. The van der Waals surface area contributed by atoms with Gasteiger partial charge in [-0.3, -0.25) is 4.79 Å². The van der Waals surface area contributed by atoms with E-state index in [-0.39, 0.29) is 23.6 Å². The predicted molar refractivity (Wildman–Crippen MR) is 152 cm³/mol. The number of rotatable bonds is 8. The van der Waals surface area contributed by atoms with Crippen LogP contribution in [0.3, 0.4) is 0 Å². The van der Waals surface area contributed by atoms with Crippen molar-refractivity contribution in [1.82, 2.24) is 10.2 Å². The lowest BCUT2D eigenvalue weighted by Gasteiger charge is -2.40. The molecule has 2 fully saturated rings. The summed E-state index contributed by atoms with van der Waals surface area (Å²) in [7, 11) is 1.60. The van der Waals surface area contributed by atoms with Crippen molar-refractivity contribution in [3.8, 4) is 28.3 Å². The highest BCUT2D eigenvalue weighted by Crippen LogP contribution is 2.39. The zero-order valence-electron chi connectivity index (χ0n) is 23.2. The molecule has 2 bridgehead atoms. The number of nitrogens with zero attached hydrogens (tertiary/aromatic N) is 2. The number of hydrogen-bond donors (Lipinski definition) is 1. The van der Waals surface area contributed by atoms with Crippen molar-refractivity contribution in [1.29, 1.82) is 5.26 Å². The normalized spacial score (nSPS) is 20.1. The highest BCUT2D eigenvalue weighted by atomic mass is 19.1. The second-order valence-electron chi connectivity index (χ2n) is 11.2. The number of ether oxygens (including phenoxy) is 1. The Labute approximate surface area is 234 Å². The van der Waals surface area contributed by atoms with Gasteiger partial charge in [0.1, 0.15) is 17.7 Å². The van der Waals surface area contributed by atoms with Crippen molar-refractivity contribution < 1.29 is 18.3 Å². The Morgan fingerprint density at radius 1 is 1.00 bits per heavy atom. The molecule has 1 amide bonds. The maximum atomic E-state index is 15.4. The Bertz CT molecular complexity index is 1430. The lowest BCUT2D eigenvalue weighted by molar-refractivity contribution is 0.0551. The van der Waals surface area contributed by atoms with Crippen molar-refractivity contribution in [3.05, 3.63) is 82.9 Å². The Morgan fingerprint density at radius 2 is 1.73 bits per heavy atom. The molecule has 5 nitrogen and oxygen atoms in total. The lowest BCUT2D eigenvalue weighted by atomic mass is 9.90. The summed E-state index contributed by atoms with van der Waals surface area (Å²) in [5.41, 5.74) is 3.17. The number of amides is 1. The van der Waals surface area contributed by atoms with E-state index >= 15 is 4.39 Å². The van der Waals surface area contributed by atoms with Gasteiger partial charge >= 0.3 is 0 Å². The maximum absolute atomic E-state index is 15.4. The van der Waals surface area contributed by atoms with Gasteiger partial charge in [-0.05, 0) is 84.7 Å². The van der Waals surface area contributed by atoms with Crippen LogP contribution < -0.4 is 5.32 Å². The minimum absolute atomic E-state index is 0.0483. The molecule has 3 atom stereocenters. The predicted octanol–water partition coefficient (Wildman–Crippen LogP) is 6.49. The number of nitriles is 1. The summed E-state index contributed by atoms with van der Waals surface area (Å²) in [6.45, 7) is 4.77. The fourth-order valence-corrected chi connectivity index (χ4v) is 6.34. The first-order valence-electron chi connectivity index (χ1n) is 14.0. The molecule has 0 saturated carbocycles. The average Bonchev–Trinajstić information content (AvgIpc) is 3.20. The molecule has 2 heterocycles. The smallest absolute Gasteiger partial charge is 0.254 e. The van der Waals surface area contributed by atoms with E-state index in [0.717, 1.165) is 31.2 Å². The molecule has 2 saturated heterocycles. The van der Waals surface area contributed by atoms with Gasteiger partial charge in [0, 0.05) is 42.4 Å². The Morgan fingerprint density at radius 3 is 2.35 bits per heavy atom. The second kappa shape index (κ2) is 11.9. The third kappa shape index (κ3) is 5.65. The van der Waals surface area contributed by atoms with Crippen LogP contribution in [0.15, 0.2) is 54.6 Å². The molecular weight excluding hydrogens is 508 g/mol. The molecular formula is C33H35F2N3O2. The quantitative estimate of drug-likeness (QED) is 0.353. The number of piperidine rings is 1. The number of hydrogen-bond acceptors (Lipinski definition) is 4. The van der Waals surface area contributed by atoms with Gasteiger partial charge in [-0.1, -0.05) is 38.1 Å². The van der Waals surface area contributed by atoms with Gasteiger partial charge in [0.05, 0.1) is 12.2 Å². The van der Waals surface area contributed by atoms with E-state index < -0.39 is 11.6 Å². The lowest BCUT2D eigenvalue weighted by Crippen LogP contribution is -2.52. The second-order valence-corrected chi connectivity index (χ2v) is 11.2. The van der Waals surface area contributed by atoms with Crippen molar-refractivity contribution in [2.75, 3.05) is 13.7 Å². The summed E-state index contributed by atoms with van der Waals surface area (Å²) in [4.78, 5) is 15.9. The fourth-order valence-electron chi connectivity index (χ4n) is 6.34. The standard InChI is InChI=1S/C33H35F2N3O2/c1-20(2)37-25-17-26-8-9-27(18-25)38(26)33(39)23-7-11-28(29-10-4-21(12-13-40-3)14-32(29)35)30(15-23)22-5-6-24(19-36)31(34)16-22/h4-7,10-11,14-16,20,25-27,37H,8-9,12-13,17-18H2,1-3H3/t25?,26-,27+. The third-order valence-corrected chi connectivity index (χ3v) is 8.12. The molecule has 0 spiro atoms. The minimum Gasteiger partial charge on any atom is -0.384 e. The van der Waals surface area contributed by atoms with Crippen molar-refractivity contribution >= 4 is 5.91 Å². The molecule has 0 radical (unpaired) electrons. The van der Waals surface area contributed by atoms with E-state index in [2.05, 4.69) is 19.2 Å². The molecule has 1 N–H and O–H groups in total. The molecule has 3 aromatic carbocycles. The van der Waals surface area contributed by atoms with Crippen molar-refractivity contribution in [2.45, 2.75) is 70.1 Å². The molecule has 2 aliphatic heterocycles. The highest BCUT2D eigenvalue weighted by Gasteiger charge is 2.43. The zero-order valence-corrected chi connectivity index (χ0v) is 23.2. The highest BCUT2D eigenvalue weighted by molar-refractivity contribution is 5.98. The van der Waals surface area contributed by atoms with Crippen LogP contribution >= 0.6 is 0 Å². The number of fused-ring (bicyclic) bond motifs is 2. The van der Waals surface area contributed by atoms with Crippen LogP contribution in [0.4, 0.5) is 8.78 Å². The van der Waals surface area contributed by atoms with Crippen LogP contribution in [0.2, 0.25) is 0 Å². The zero-order chi connectivity index (χ0) is 28.4. The van der Waals surface area contributed by atoms with Crippen LogP contribution in [0, 0.1) is 23.0 Å². The number of benzene rings is 3. The monoisotopic (exact) mass is 543 g/mol. The Hall–Kier alpha value is -3.60. The summed E-state index contributed by atoms with van der Waals surface area (Å²) in [6.07, 6.45) is 4.40. The van der Waals surface area contributed by atoms with E-state index in [4.69, 9.17) is 4.74 Å². The summed E-state index contributed by atoms with van der Waals surface area (Å²) in [5, 5.41) is 12.9. The molecule has 1 unspecified atom stereocenters. The molecule has 7 heteroatoms. The summed E-state index contributed by atoms with van der Waals surface area (Å²) in [6, 6.07) is 17.6. The Kier molecular flexibility index (Phi) is 8.30. The van der Waals surface area contributed by atoms with Crippen molar-refractivity contribution in [3.63, 3.8) is 0 Å². The molecule has 2 aliphatic rings. The summed E-state index contributed by atoms with van der Waals surface area (Å²) >= 11 is 0. The van der Waals surface area contributed by atoms with Crippen LogP contribution in [-0.4, -0.2) is 48.7 Å². The van der Waals surface area contributed by atoms with Gasteiger partial charge in [-0.15, -0.1) is 0 Å². The van der Waals surface area contributed by atoms with Gasteiger partial charge in [-0.2, -0.15) is 5.26 Å². The fraction of sp³-hybridized carbons (Fsp3) is 0.394. The number of carbonyl (C=O) groups excluding carboxylic acids is 1. The minimum atomic E-state index is -0.657. The number of nitrogens with one attached hydrogen (secondary N) is 1. The number of methoxy groups -OCH3 is 1. The van der Waals surface area contributed by atoms with Gasteiger partial charge < -0.3 is 15.0 Å². The van der Waals surface area contributed by atoms with E-state index in [1.807, 2.05) is 17.0 Å². The van der Waals surface area contributed by atoms with Gasteiger partial charge in [-0.25, -0.2) is 8.78 Å². The molecule has 5 rings (SSSR count). The summed E-state index contributed by atoms with van der Waals surface area (Å²) < 4.78 is 35.2. The Balaban J connectivity index is 1.53. The molecule has 40 heavy (non-hydrogen) atoms. The van der Waals surface area contributed by atoms with E-state index in [0.29, 0.717) is 52.9 Å². The van der Waals surface area contributed by atoms with Crippen LogP contribution in [-0.2, 0) is 11.2 Å². The average molecular weight is 544 g/mol. The number of halogens is 2. The molecule has 0 aromatic heterocycles. The van der Waals surface area contributed by atoms with Crippen molar-refractivity contribution in [2.24, 2.45) is 0 Å². The first kappa shape index (κ1) is 27.9. The van der Waals surface area contributed by atoms with Gasteiger partial charge in [0.25, 0.3) is 5.91 Å². The SMILES string of the molecule is COCCc1ccc(-c2ccc(C(=O)N3[C@@H]4CC[C@H]3CC(NC(C)C)C4)cc2-c2ccc(C#N)c(F)c2)c(F)c1. The largest absolute Gasteiger partial charge is 0.384 e. The molecule has 0 aliphatic carbocycles. The van der Waals surface area contributed by atoms with Crippen LogP contribution in [0.25, 0.3) is 22.3 Å². The van der Waals surface area contributed by atoms with Gasteiger partial charge in [0.15, 0.2) is 0 Å².